The molecular formula is C17H29N3S. The molecule has 1 heterocycles. The van der Waals surface area contributed by atoms with Crippen LogP contribution in [0.3, 0.4) is 0 Å². The third kappa shape index (κ3) is 4.87. The van der Waals surface area contributed by atoms with Gasteiger partial charge in [-0.15, -0.1) is 11.8 Å². The van der Waals surface area contributed by atoms with E-state index >= 15 is 0 Å². The first kappa shape index (κ1) is 16.6. The molecule has 1 saturated carbocycles. The van der Waals surface area contributed by atoms with Crippen molar-refractivity contribution in [2.24, 2.45) is 5.92 Å². The van der Waals surface area contributed by atoms with Crippen molar-refractivity contribution >= 4 is 17.6 Å². The average molecular weight is 308 g/mol. The molecule has 0 radical (unpaired) electrons. The Morgan fingerprint density at radius 3 is 2.57 bits per heavy atom. The maximum atomic E-state index is 4.80. The van der Waals surface area contributed by atoms with Crippen LogP contribution in [0.4, 0.5) is 5.82 Å². The van der Waals surface area contributed by atoms with Gasteiger partial charge in [0.05, 0.1) is 0 Å². The van der Waals surface area contributed by atoms with Crippen LogP contribution < -0.4 is 5.32 Å². The van der Waals surface area contributed by atoms with E-state index in [2.05, 4.69) is 26.1 Å². The predicted octanol–water partition coefficient (Wildman–Crippen LogP) is 4.84. The number of anilines is 1. The van der Waals surface area contributed by atoms with Crippen LogP contribution in [-0.2, 0) is 6.42 Å². The summed E-state index contributed by atoms with van der Waals surface area (Å²) in [6.45, 7) is 7.51. The van der Waals surface area contributed by atoms with Gasteiger partial charge >= 0.3 is 0 Å². The number of aryl methyl sites for hydroxylation is 1. The van der Waals surface area contributed by atoms with Gasteiger partial charge in [-0.25, -0.2) is 9.97 Å². The summed E-state index contributed by atoms with van der Waals surface area (Å²) in [6, 6.07) is 0. The first-order chi connectivity index (χ1) is 10.2. The largest absolute Gasteiger partial charge is 0.370 e. The minimum Gasteiger partial charge on any atom is -0.370 e. The van der Waals surface area contributed by atoms with Crippen molar-refractivity contribution in [1.29, 1.82) is 0 Å². The van der Waals surface area contributed by atoms with Gasteiger partial charge in [0, 0.05) is 24.3 Å². The molecule has 0 bridgehead atoms. The summed E-state index contributed by atoms with van der Waals surface area (Å²) < 4.78 is 0. The third-order valence-corrected chi connectivity index (χ3v) is 5.40. The number of rotatable bonds is 8. The van der Waals surface area contributed by atoms with E-state index in [1.165, 1.54) is 42.0 Å². The number of nitrogens with zero attached hydrogens (tertiary/aromatic N) is 2. The summed E-state index contributed by atoms with van der Waals surface area (Å²) in [5, 5.41) is 4.66. The van der Waals surface area contributed by atoms with E-state index in [0.717, 1.165) is 43.4 Å². The zero-order valence-corrected chi connectivity index (χ0v) is 14.6. The van der Waals surface area contributed by atoms with Crippen LogP contribution in [0.25, 0.3) is 0 Å². The maximum absolute atomic E-state index is 4.80. The Kier molecular flexibility index (Phi) is 6.81. The third-order valence-electron chi connectivity index (χ3n) is 4.09. The number of aromatic nitrogens is 2. The van der Waals surface area contributed by atoms with Crippen LogP contribution in [0.1, 0.15) is 63.8 Å². The topological polar surface area (TPSA) is 37.8 Å². The summed E-state index contributed by atoms with van der Waals surface area (Å²) >= 11 is 1.94. The Balaban J connectivity index is 2.10. The highest BCUT2D eigenvalue weighted by atomic mass is 32.2. The minimum absolute atomic E-state index is 0.894. The van der Waals surface area contributed by atoms with Gasteiger partial charge in [-0.2, -0.15) is 0 Å². The van der Waals surface area contributed by atoms with Gasteiger partial charge in [0.1, 0.15) is 16.7 Å². The predicted molar refractivity (Wildman–Crippen MR) is 92.2 cm³/mol. The van der Waals surface area contributed by atoms with E-state index in [1.54, 1.807) is 0 Å². The molecule has 4 heteroatoms. The smallest absolute Gasteiger partial charge is 0.133 e. The summed E-state index contributed by atoms with van der Waals surface area (Å²) in [5.41, 5.74) is 1.23. The molecule has 118 valence electrons. The highest BCUT2D eigenvalue weighted by Crippen LogP contribution is 2.32. The molecule has 3 nitrogen and oxygen atoms in total. The van der Waals surface area contributed by atoms with Crippen molar-refractivity contribution in [2.75, 3.05) is 17.6 Å². The zero-order chi connectivity index (χ0) is 15.1. The average Bonchev–Trinajstić information content (AvgIpc) is 2.99. The lowest BCUT2D eigenvalue weighted by Gasteiger charge is -2.14. The van der Waals surface area contributed by atoms with Crippen molar-refractivity contribution in [3.05, 3.63) is 11.4 Å². The Labute approximate surface area is 133 Å². The van der Waals surface area contributed by atoms with E-state index in [1.807, 2.05) is 11.8 Å². The fourth-order valence-corrected chi connectivity index (χ4v) is 4.02. The summed E-state index contributed by atoms with van der Waals surface area (Å²) in [7, 11) is 0. The summed E-state index contributed by atoms with van der Waals surface area (Å²) in [6.07, 6.45) is 8.83. The van der Waals surface area contributed by atoms with Crippen molar-refractivity contribution < 1.29 is 0 Å². The van der Waals surface area contributed by atoms with Crippen LogP contribution in [0.15, 0.2) is 5.03 Å². The van der Waals surface area contributed by atoms with E-state index in [-0.39, 0.29) is 0 Å². The molecule has 0 aromatic carbocycles. The number of hydrogen-bond donors (Lipinski definition) is 1. The Hall–Kier alpha value is -0.770. The maximum Gasteiger partial charge on any atom is 0.133 e. The molecule has 0 atom stereocenters. The molecule has 21 heavy (non-hydrogen) atoms. The second-order valence-electron chi connectivity index (χ2n) is 6.06. The number of hydrogen-bond acceptors (Lipinski definition) is 4. The summed E-state index contributed by atoms with van der Waals surface area (Å²) in [5.74, 6) is 4.15. The lowest BCUT2D eigenvalue weighted by Crippen LogP contribution is -2.09. The van der Waals surface area contributed by atoms with Gasteiger partial charge in [-0.3, -0.25) is 0 Å². The normalized spacial score (nSPS) is 15.6. The second kappa shape index (κ2) is 8.62. The molecule has 0 unspecified atom stereocenters. The number of thioether (sulfide) groups is 1. The van der Waals surface area contributed by atoms with Gasteiger partial charge < -0.3 is 5.32 Å². The van der Waals surface area contributed by atoms with E-state index in [4.69, 9.17) is 9.97 Å². The SMILES string of the molecule is CCCNc1nc(CCC)nc(SCC2CCCC2)c1C. The molecule has 0 amide bonds. The zero-order valence-electron chi connectivity index (χ0n) is 13.7. The Bertz CT molecular complexity index is 442. The van der Waals surface area contributed by atoms with Gasteiger partial charge in [0.2, 0.25) is 0 Å². The van der Waals surface area contributed by atoms with E-state index in [0.29, 0.717) is 0 Å². The Morgan fingerprint density at radius 1 is 1.14 bits per heavy atom. The van der Waals surface area contributed by atoms with Gasteiger partial charge in [-0.1, -0.05) is 26.7 Å². The van der Waals surface area contributed by atoms with Gasteiger partial charge in [0.15, 0.2) is 0 Å². The van der Waals surface area contributed by atoms with E-state index < -0.39 is 0 Å². The molecule has 0 saturated heterocycles. The molecule has 1 aliphatic rings. The molecular weight excluding hydrogens is 278 g/mol. The first-order valence-electron chi connectivity index (χ1n) is 8.48. The van der Waals surface area contributed by atoms with Gasteiger partial charge in [-0.05, 0) is 38.5 Å². The highest BCUT2D eigenvalue weighted by molar-refractivity contribution is 7.99. The van der Waals surface area contributed by atoms with Crippen molar-refractivity contribution in [3.8, 4) is 0 Å². The quantitative estimate of drug-likeness (QED) is 0.551. The molecule has 1 fully saturated rings. The molecule has 1 aromatic heterocycles. The molecule has 1 aliphatic carbocycles. The molecule has 1 aromatic rings. The fourth-order valence-electron chi connectivity index (χ4n) is 2.81. The lowest BCUT2D eigenvalue weighted by molar-refractivity contribution is 0.622. The molecule has 1 N–H and O–H groups in total. The number of nitrogens with one attached hydrogen (secondary N) is 1. The molecule has 0 spiro atoms. The fraction of sp³-hybridized carbons (Fsp3) is 0.765. The Morgan fingerprint density at radius 2 is 1.90 bits per heavy atom. The van der Waals surface area contributed by atoms with Crippen LogP contribution >= 0.6 is 11.8 Å². The van der Waals surface area contributed by atoms with Crippen LogP contribution in [0.2, 0.25) is 0 Å². The highest BCUT2D eigenvalue weighted by Gasteiger charge is 2.17. The standard InChI is InChI=1S/C17H29N3S/c1-4-8-15-19-16(18-11-5-2)13(3)17(20-15)21-12-14-9-6-7-10-14/h14H,4-12H2,1-3H3,(H,18,19,20). The molecule has 2 rings (SSSR count). The first-order valence-corrected chi connectivity index (χ1v) is 9.47. The van der Waals surface area contributed by atoms with Crippen LogP contribution in [-0.4, -0.2) is 22.3 Å². The summed E-state index contributed by atoms with van der Waals surface area (Å²) in [4.78, 5) is 9.51. The van der Waals surface area contributed by atoms with Crippen LogP contribution in [0, 0.1) is 12.8 Å². The van der Waals surface area contributed by atoms with Crippen molar-refractivity contribution in [1.82, 2.24) is 9.97 Å². The monoisotopic (exact) mass is 307 g/mol. The molecule has 0 aliphatic heterocycles. The minimum atomic E-state index is 0.894. The lowest BCUT2D eigenvalue weighted by atomic mass is 10.1. The van der Waals surface area contributed by atoms with Crippen molar-refractivity contribution in [3.63, 3.8) is 0 Å². The second-order valence-corrected chi connectivity index (χ2v) is 7.07. The van der Waals surface area contributed by atoms with Gasteiger partial charge in [0.25, 0.3) is 0 Å². The van der Waals surface area contributed by atoms with Crippen LogP contribution in [0.5, 0.6) is 0 Å². The van der Waals surface area contributed by atoms with Crippen molar-refractivity contribution in [2.45, 2.75) is 70.7 Å². The van der Waals surface area contributed by atoms with E-state index in [9.17, 15) is 0 Å².